The fourth-order valence-corrected chi connectivity index (χ4v) is 3.03. The largest absolute Gasteiger partial charge is 0.480 e. The van der Waals surface area contributed by atoms with Gasteiger partial charge in [0, 0.05) is 22.4 Å². The summed E-state index contributed by atoms with van der Waals surface area (Å²) >= 11 is 1.84. The van der Waals surface area contributed by atoms with Gasteiger partial charge in [-0.25, -0.2) is 0 Å². The molecule has 0 aliphatic carbocycles. The summed E-state index contributed by atoms with van der Waals surface area (Å²) in [7, 11) is 0. The molecule has 2 rings (SSSR count). The van der Waals surface area contributed by atoms with Gasteiger partial charge in [0.25, 0.3) is 5.91 Å². The van der Waals surface area contributed by atoms with Gasteiger partial charge < -0.3 is 10.1 Å². The Hall–Kier alpha value is -1.68. The van der Waals surface area contributed by atoms with Crippen molar-refractivity contribution in [1.29, 1.82) is 0 Å². The SMILES string of the molecule is C[C@H](Oc1cccc2ccccc12)C(=O)NCCSC(C)(C)C. The molecule has 1 atom stereocenters. The first-order valence-electron chi connectivity index (χ1n) is 7.93. The highest BCUT2D eigenvalue weighted by molar-refractivity contribution is 8.00. The number of benzene rings is 2. The van der Waals surface area contributed by atoms with Crippen molar-refractivity contribution in [3.8, 4) is 5.75 Å². The van der Waals surface area contributed by atoms with Crippen LogP contribution in [0.3, 0.4) is 0 Å². The zero-order chi connectivity index (χ0) is 16.9. The van der Waals surface area contributed by atoms with Crippen molar-refractivity contribution in [2.75, 3.05) is 12.3 Å². The summed E-state index contributed by atoms with van der Waals surface area (Å²) in [6.07, 6.45) is -0.513. The minimum Gasteiger partial charge on any atom is -0.480 e. The maximum Gasteiger partial charge on any atom is 0.260 e. The summed E-state index contributed by atoms with van der Waals surface area (Å²) < 4.78 is 6.09. The van der Waals surface area contributed by atoms with Crippen LogP contribution in [0.15, 0.2) is 42.5 Å². The topological polar surface area (TPSA) is 38.3 Å². The molecule has 0 spiro atoms. The van der Waals surface area contributed by atoms with E-state index >= 15 is 0 Å². The Labute approximate surface area is 142 Å². The van der Waals surface area contributed by atoms with Crippen LogP contribution in [0, 0.1) is 0 Å². The number of hydrogen-bond acceptors (Lipinski definition) is 3. The number of carbonyl (C=O) groups is 1. The Morgan fingerprint density at radius 3 is 2.61 bits per heavy atom. The predicted molar refractivity (Wildman–Crippen MR) is 99.3 cm³/mol. The molecule has 0 heterocycles. The number of nitrogens with one attached hydrogen (secondary N) is 1. The molecule has 2 aromatic rings. The van der Waals surface area contributed by atoms with Crippen LogP contribution in [-0.2, 0) is 4.79 Å². The maximum atomic E-state index is 12.2. The summed E-state index contributed by atoms with van der Waals surface area (Å²) in [6.45, 7) is 8.96. The van der Waals surface area contributed by atoms with Crippen LogP contribution >= 0.6 is 11.8 Å². The second-order valence-electron chi connectivity index (χ2n) is 6.49. The van der Waals surface area contributed by atoms with Crippen LogP contribution in [0.25, 0.3) is 10.8 Å². The normalized spacial score (nSPS) is 12.9. The van der Waals surface area contributed by atoms with Crippen molar-refractivity contribution in [1.82, 2.24) is 5.32 Å². The number of amides is 1. The Bertz CT molecular complexity index is 658. The molecular formula is C19H25NO2S. The lowest BCUT2D eigenvalue weighted by atomic mass is 10.1. The van der Waals surface area contributed by atoms with Gasteiger partial charge in [0.15, 0.2) is 6.10 Å². The van der Waals surface area contributed by atoms with Gasteiger partial charge in [-0.1, -0.05) is 57.2 Å². The molecule has 0 saturated carbocycles. The lowest BCUT2D eigenvalue weighted by Gasteiger charge is -2.19. The predicted octanol–water partition coefficient (Wildman–Crippen LogP) is 4.26. The molecule has 0 saturated heterocycles. The number of fused-ring (bicyclic) bond motifs is 1. The van der Waals surface area contributed by atoms with E-state index in [0.29, 0.717) is 6.54 Å². The minimum atomic E-state index is -0.513. The van der Waals surface area contributed by atoms with Crippen molar-refractivity contribution >= 4 is 28.4 Å². The lowest BCUT2D eigenvalue weighted by molar-refractivity contribution is -0.127. The van der Waals surface area contributed by atoms with Gasteiger partial charge in [0.05, 0.1) is 0 Å². The van der Waals surface area contributed by atoms with E-state index in [2.05, 4.69) is 26.1 Å². The zero-order valence-electron chi connectivity index (χ0n) is 14.3. The van der Waals surface area contributed by atoms with Gasteiger partial charge >= 0.3 is 0 Å². The highest BCUT2D eigenvalue weighted by Gasteiger charge is 2.16. The highest BCUT2D eigenvalue weighted by atomic mass is 32.2. The second-order valence-corrected chi connectivity index (χ2v) is 8.41. The lowest BCUT2D eigenvalue weighted by Crippen LogP contribution is -2.37. The molecule has 2 aromatic carbocycles. The van der Waals surface area contributed by atoms with E-state index in [4.69, 9.17) is 4.74 Å². The van der Waals surface area contributed by atoms with Crippen molar-refractivity contribution in [3.05, 3.63) is 42.5 Å². The third-order valence-electron chi connectivity index (χ3n) is 3.36. The van der Waals surface area contributed by atoms with E-state index in [1.54, 1.807) is 6.92 Å². The van der Waals surface area contributed by atoms with Crippen LogP contribution in [0.4, 0.5) is 0 Å². The standard InChI is InChI=1S/C19H25NO2S/c1-14(18(21)20-12-13-23-19(2,3)4)22-17-11-7-9-15-8-5-6-10-16(15)17/h5-11,14H,12-13H2,1-4H3,(H,20,21)/t14-/m0/s1. The van der Waals surface area contributed by atoms with Gasteiger partial charge in [0.1, 0.15) is 5.75 Å². The molecule has 0 fully saturated rings. The van der Waals surface area contributed by atoms with Gasteiger partial charge in [-0.05, 0) is 18.4 Å². The van der Waals surface area contributed by atoms with Crippen molar-refractivity contribution in [3.63, 3.8) is 0 Å². The van der Waals surface area contributed by atoms with E-state index in [0.717, 1.165) is 22.3 Å². The van der Waals surface area contributed by atoms with Gasteiger partial charge in [0.2, 0.25) is 0 Å². The third-order valence-corrected chi connectivity index (χ3v) is 4.63. The molecule has 0 unspecified atom stereocenters. The maximum absolute atomic E-state index is 12.2. The highest BCUT2D eigenvalue weighted by Crippen LogP contribution is 2.26. The van der Waals surface area contributed by atoms with E-state index < -0.39 is 6.10 Å². The number of thioether (sulfide) groups is 1. The Balaban J connectivity index is 1.90. The van der Waals surface area contributed by atoms with Crippen molar-refractivity contribution in [2.24, 2.45) is 0 Å². The average molecular weight is 331 g/mol. The Morgan fingerprint density at radius 2 is 1.87 bits per heavy atom. The van der Waals surface area contributed by atoms with Gasteiger partial charge in [-0.2, -0.15) is 11.8 Å². The number of rotatable bonds is 6. The average Bonchev–Trinajstić information content (AvgIpc) is 2.50. The molecule has 0 aliphatic heterocycles. The summed E-state index contributed by atoms with van der Waals surface area (Å²) in [4.78, 5) is 12.2. The van der Waals surface area contributed by atoms with E-state index in [-0.39, 0.29) is 10.7 Å². The molecule has 0 bridgehead atoms. The number of ether oxygens (including phenoxy) is 1. The summed E-state index contributed by atoms with van der Waals surface area (Å²) in [5, 5.41) is 5.07. The number of hydrogen-bond donors (Lipinski definition) is 1. The smallest absolute Gasteiger partial charge is 0.260 e. The Morgan fingerprint density at radius 1 is 1.17 bits per heavy atom. The first-order valence-corrected chi connectivity index (χ1v) is 8.91. The van der Waals surface area contributed by atoms with Crippen LogP contribution < -0.4 is 10.1 Å². The van der Waals surface area contributed by atoms with E-state index in [1.165, 1.54) is 0 Å². The summed E-state index contributed by atoms with van der Waals surface area (Å²) in [5.74, 6) is 1.57. The molecule has 0 radical (unpaired) electrons. The van der Waals surface area contributed by atoms with Gasteiger partial charge in [-0.3, -0.25) is 4.79 Å². The fraction of sp³-hybridized carbons (Fsp3) is 0.421. The summed E-state index contributed by atoms with van der Waals surface area (Å²) in [5.41, 5.74) is 0. The van der Waals surface area contributed by atoms with Crippen molar-refractivity contribution < 1.29 is 9.53 Å². The molecule has 3 nitrogen and oxygen atoms in total. The minimum absolute atomic E-state index is 0.0764. The molecular weight excluding hydrogens is 306 g/mol. The molecule has 0 aromatic heterocycles. The molecule has 1 N–H and O–H groups in total. The molecule has 23 heavy (non-hydrogen) atoms. The van der Waals surface area contributed by atoms with Crippen LogP contribution in [0.2, 0.25) is 0 Å². The van der Waals surface area contributed by atoms with Crippen LogP contribution in [0.1, 0.15) is 27.7 Å². The first kappa shape index (κ1) is 17.7. The third kappa shape index (κ3) is 5.47. The fourth-order valence-electron chi connectivity index (χ4n) is 2.22. The monoisotopic (exact) mass is 331 g/mol. The van der Waals surface area contributed by atoms with Crippen LogP contribution in [-0.4, -0.2) is 29.1 Å². The molecule has 124 valence electrons. The van der Waals surface area contributed by atoms with E-state index in [9.17, 15) is 4.79 Å². The Kier molecular flexibility index (Phi) is 5.94. The quantitative estimate of drug-likeness (QED) is 0.804. The first-order chi connectivity index (χ1) is 10.9. The number of carbonyl (C=O) groups excluding carboxylic acids is 1. The van der Waals surface area contributed by atoms with Crippen molar-refractivity contribution in [2.45, 2.75) is 38.5 Å². The molecule has 1 amide bonds. The molecule has 4 heteroatoms. The van der Waals surface area contributed by atoms with Gasteiger partial charge in [-0.15, -0.1) is 0 Å². The summed E-state index contributed by atoms with van der Waals surface area (Å²) in [6, 6.07) is 13.9. The zero-order valence-corrected chi connectivity index (χ0v) is 15.1. The van der Waals surface area contributed by atoms with E-state index in [1.807, 2.05) is 54.2 Å². The molecule has 0 aliphatic rings. The second kappa shape index (κ2) is 7.73. The van der Waals surface area contributed by atoms with Crippen LogP contribution in [0.5, 0.6) is 5.75 Å².